The van der Waals surface area contributed by atoms with Crippen LogP contribution < -0.4 is 5.32 Å². The predicted octanol–water partition coefficient (Wildman–Crippen LogP) is 3.11. The highest BCUT2D eigenvalue weighted by molar-refractivity contribution is 5.79. The lowest BCUT2D eigenvalue weighted by molar-refractivity contribution is -0.153. The molecule has 5 nitrogen and oxygen atoms in total. The summed E-state index contributed by atoms with van der Waals surface area (Å²) in [4.78, 5) is 29.6. The average molecular weight is 416 g/mol. The summed E-state index contributed by atoms with van der Waals surface area (Å²) in [6.07, 6.45) is 3.73. The van der Waals surface area contributed by atoms with Crippen molar-refractivity contribution in [3.05, 3.63) is 35.1 Å². The van der Waals surface area contributed by atoms with Crippen LogP contribution in [0.1, 0.15) is 50.7 Å². The molecule has 1 aromatic carbocycles. The summed E-state index contributed by atoms with van der Waals surface area (Å²) in [5.41, 5.74) is 1.67. The first-order chi connectivity index (χ1) is 14.3. The summed E-state index contributed by atoms with van der Waals surface area (Å²) in [5, 5.41) is 3.09. The number of hydrogen-bond acceptors (Lipinski definition) is 3. The number of hydrogen-bond donors (Lipinski definition) is 1. The summed E-state index contributed by atoms with van der Waals surface area (Å²) in [6, 6.07) is 5.83. The van der Waals surface area contributed by atoms with E-state index < -0.39 is 0 Å². The number of carbonyl (C=O) groups excluding carboxylic acids is 2. The molecule has 3 saturated heterocycles. The molecule has 0 aromatic heterocycles. The number of amides is 2. The van der Waals surface area contributed by atoms with Gasteiger partial charge in [0.15, 0.2) is 0 Å². The molecule has 0 aliphatic carbocycles. The van der Waals surface area contributed by atoms with Crippen molar-refractivity contribution in [3.8, 4) is 0 Å². The van der Waals surface area contributed by atoms with Crippen LogP contribution in [0.25, 0.3) is 0 Å². The molecule has 1 N–H and O–H groups in total. The van der Waals surface area contributed by atoms with Crippen molar-refractivity contribution in [2.75, 3.05) is 19.6 Å². The van der Waals surface area contributed by atoms with Crippen LogP contribution in [0.5, 0.6) is 0 Å². The number of nitrogens with one attached hydrogen (secondary N) is 1. The van der Waals surface area contributed by atoms with Gasteiger partial charge in [0.25, 0.3) is 0 Å². The molecule has 0 unspecified atom stereocenters. The number of likely N-dealkylation sites (tertiary alicyclic amines) is 1. The lowest BCUT2D eigenvalue weighted by Gasteiger charge is -2.56. The van der Waals surface area contributed by atoms with Crippen molar-refractivity contribution in [1.29, 1.82) is 0 Å². The smallest absolute Gasteiger partial charge is 0.223 e. The van der Waals surface area contributed by atoms with E-state index in [9.17, 15) is 14.0 Å². The van der Waals surface area contributed by atoms with Gasteiger partial charge >= 0.3 is 0 Å². The Morgan fingerprint density at radius 1 is 1.27 bits per heavy atom. The molecule has 4 rings (SSSR count). The first-order valence-corrected chi connectivity index (χ1v) is 11.4. The van der Waals surface area contributed by atoms with Crippen molar-refractivity contribution in [2.24, 2.45) is 17.8 Å². The minimum atomic E-state index is -0.150. The Morgan fingerprint density at radius 3 is 2.77 bits per heavy atom. The number of halogens is 1. The summed E-state index contributed by atoms with van der Waals surface area (Å²) in [5.74, 6) is 0.876. The minimum absolute atomic E-state index is 0.0425. The van der Waals surface area contributed by atoms with Crippen LogP contribution in [0.15, 0.2) is 18.2 Å². The number of rotatable bonds is 5. The Balaban J connectivity index is 1.52. The summed E-state index contributed by atoms with van der Waals surface area (Å²) < 4.78 is 14.0. The standard InChI is InChI=1S/C24H34FN3O2/c1-15(2)24(30)26-11-22-19-10-18(21-5-4-6-23(29)28(21)22)13-27(14-19)12-17-8-7-16(3)20(25)9-17/h7-9,15,18-19,21-22H,4-6,10-14H2,1-3H3,(H,26,30)/t18-,19+,21+,22+/m1/s1. The molecule has 2 bridgehead atoms. The molecule has 1 aromatic rings. The number of benzene rings is 1. The van der Waals surface area contributed by atoms with Gasteiger partial charge in [0.1, 0.15) is 5.82 Å². The van der Waals surface area contributed by atoms with Gasteiger partial charge < -0.3 is 10.2 Å². The normalized spacial score (nSPS) is 29.1. The second kappa shape index (κ2) is 8.66. The third-order valence-electron chi connectivity index (χ3n) is 7.22. The van der Waals surface area contributed by atoms with Gasteiger partial charge in [0, 0.05) is 44.6 Å². The molecule has 4 atom stereocenters. The zero-order valence-corrected chi connectivity index (χ0v) is 18.4. The van der Waals surface area contributed by atoms with Gasteiger partial charge in [0.2, 0.25) is 11.8 Å². The van der Waals surface area contributed by atoms with E-state index in [0.717, 1.165) is 44.5 Å². The fourth-order valence-corrected chi connectivity index (χ4v) is 5.67. The second-order valence-corrected chi connectivity index (χ2v) is 9.76. The molecule has 3 aliphatic heterocycles. The fraction of sp³-hybridized carbons (Fsp3) is 0.667. The van der Waals surface area contributed by atoms with E-state index in [2.05, 4.69) is 15.1 Å². The van der Waals surface area contributed by atoms with E-state index in [1.54, 1.807) is 13.0 Å². The minimum Gasteiger partial charge on any atom is -0.354 e. The molecule has 0 saturated carbocycles. The van der Waals surface area contributed by atoms with Crippen LogP contribution in [0.4, 0.5) is 4.39 Å². The molecule has 3 fully saturated rings. The van der Waals surface area contributed by atoms with Crippen molar-refractivity contribution in [1.82, 2.24) is 15.1 Å². The number of piperidine rings is 3. The molecule has 3 aliphatic rings. The largest absolute Gasteiger partial charge is 0.354 e. The molecule has 0 radical (unpaired) electrons. The fourth-order valence-electron chi connectivity index (χ4n) is 5.67. The Labute approximate surface area is 179 Å². The Bertz CT molecular complexity index is 812. The molecule has 0 spiro atoms. The van der Waals surface area contributed by atoms with Crippen LogP contribution >= 0.6 is 0 Å². The van der Waals surface area contributed by atoms with E-state index in [4.69, 9.17) is 0 Å². The van der Waals surface area contributed by atoms with E-state index in [-0.39, 0.29) is 35.6 Å². The first kappa shape index (κ1) is 21.3. The average Bonchev–Trinajstić information content (AvgIpc) is 2.71. The maximum absolute atomic E-state index is 14.0. The molecule has 2 amide bonds. The van der Waals surface area contributed by atoms with E-state index in [0.29, 0.717) is 30.4 Å². The van der Waals surface area contributed by atoms with Crippen LogP contribution in [0, 0.1) is 30.5 Å². The van der Waals surface area contributed by atoms with Gasteiger partial charge in [-0.25, -0.2) is 4.39 Å². The summed E-state index contributed by atoms with van der Waals surface area (Å²) in [7, 11) is 0. The maximum atomic E-state index is 14.0. The summed E-state index contributed by atoms with van der Waals surface area (Å²) in [6.45, 7) is 8.67. The predicted molar refractivity (Wildman–Crippen MR) is 114 cm³/mol. The van der Waals surface area contributed by atoms with Gasteiger partial charge in [-0.2, -0.15) is 0 Å². The van der Waals surface area contributed by atoms with E-state index in [1.807, 2.05) is 26.0 Å². The van der Waals surface area contributed by atoms with Crippen LogP contribution in [-0.2, 0) is 16.1 Å². The molecular weight excluding hydrogens is 381 g/mol. The first-order valence-electron chi connectivity index (χ1n) is 11.4. The third kappa shape index (κ3) is 4.25. The topological polar surface area (TPSA) is 52.7 Å². The summed E-state index contributed by atoms with van der Waals surface area (Å²) >= 11 is 0. The molecule has 3 heterocycles. The number of fused-ring (bicyclic) bond motifs is 4. The van der Waals surface area contributed by atoms with Crippen LogP contribution in [0.3, 0.4) is 0 Å². The van der Waals surface area contributed by atoms with Crippen LogP contribution in [-0.4, -0.2) is 53.3 Å². The molecule has 6 heteroatoms. The highest BCUT2D eigenvalue weighted by Gasteiger charge is 2.49. The zero-order valence-electron chi connectivity index (χ0n) is 18.4. The zero-order chi connectivity index (χ0) is 21.4. The highest BCUT2D eigenvalue weighted by atomic mass is 19.1. The number of aryl methyl sites for hydroxylation is 1. The monoisotopic (exact) mass is 415 g/mol. The van der Waals surface area contributed by atoms with Crippen molar-refractivity contribution >= 4 is 11.8 Å². The van der Waals surface area contributed by atoms with Gasteiger partial charge in [0.05, 0.1) is 6.04 Å². The molecule has 30 heavy (non-hydrogen) atoms. The SMILES string of the molecule is Cc1ccc(CN2C[C@H]3C[C@@H](C2)[C@H](CNC(=O)C(C)C)N2C(=O)CCC[C@@H]32)cc1F. The van der Waals surface area contributed by atoms with Crippen molar-refractivity contribution in [3.63, 3.8) is 0 Å². The van der Waals surface area contributed by atoms with Gasteiger partial charge in [-0.15, -0.1) is 0 Å². The van der Waals surface area contributed by atoms with Gasteiger partial charge in [-0.3, -0.25) is 14.5 Å². The maximum Gasteiger partial charge on any atom is 0.223 e. The van der Waals surface area contributed by atoms with Gasteiger partial charge in [-0.1, -0.05) is 26.0 Å². The van der Waals surface area contributed by atoms with Gasteiger partial charge in [-0.05, 0) is 55.2 Å². The lowest BCUT2D eigenvalue weighted by atomic mass is 9.72. The van der Waals surface area contributed by atoms with Crippen molar-refractivity contribution in [2.45, 2.75) is 65.1 Å². The van der Waals surface area contributed by atoms with E-state index >= 15 is 0 Å². The highest BCUT2D eigenvalue weighted by Crippen LogP contribution is 2.41. The Morgan fingerprint density at radius 2 is 2.03 bits per heavy atom. The van der Waals surface area contributed by atoms with E-state index in [1.165, 1.54) is 0 Å². The number of carbonyl (C=O) groups is 2. The Kier molecular flexibility index (Phi) is 6.14. The molecular formula is C24H34FN3O2. The number of nitrogens with zero attached hydrogens (tertiary/aromatic N) is 2. The quantitative estimate of drug-likeness (QED) is 0.804. The van der Waals surface area contributed by atoms with Crippen LogP contribution in [0.2, 0.25) is 0 Å². The molecule has 164 valence electrons. The second-order valence-electron chi connectivity index (χ2n) is 9.76. The third-order valence-corrected chi connectivity index (χ3v) is 7.22. The lowest BCUT2D eigenvalue weighted by Crippen LogP contribution is -2.67. The van der Waals surface area contributed by atoms with Crippen molar-refractivity contribution < 1.29 is 14.0 Å². The Hall–Kier alpha value is -1.95.